The molecular formula is C13H13NO4. The number of rotatable bonds is 2. The average Bonchev–Trinajstić information content (AvgIpc) is 2.54. The lowest BCUT2D eigenvalue weighted by atomic mass is 9.96. The molecule has 0 aliphatic carbocycles. The summed E-state index contributed by atoms with van der Waals surface area (Å²) in [7, 11) is 1.48. The zero-order valence-corrected chi connectivity index (χ0v) is 10.0. The third-order valence-corrected chi connectivity index (χ3v) is 3.05. The minimum absolute atomic E-state index is 0.0176. The summed E-state index contributed by atoms with van der Waals surface area (Å²) in [5.41, 5.74) is 0.437. The highest BCUT2D eigenvalue weighted by Gasteiger charge is 2.41. The van der Waals surface area contributed by atoms with Gasteiger partial charge in [0.25, 0.3) is 5.91 Å². The number of likely N-dealkylation sites (N-methyl/N-ethyl adjacent to an activating group) is 1. The molecule has 0 aromatic heterocycles. The molecule has 5 heteroatoms. The number of phenolic OH excluding ortho intramolecular Hbond substituents is 1. The topological polar surface area (TPSA) is 77.8 Å². The van der Waals surface area contributed by atoms with Gasteiger partial charge >= 0.3 is 0 Å². The minimum atomic E-state index is -0.740. The molecule has 0 radical (unpaired) electrons. The Morgan fingerprint density at radius 2 is 1.89 bits per heavy atom. The Morgan fingerprint density at radius 1 is 1.28 bits per heavy atom. The number of hydrogen-bond donors (Lipinski definition) is 2. The number of Topliss-reactive ketones (excluding diaryl/α,β-unsaturated/α-hetero) is 1. The molecule has 2 rings (SSSR count). The fourth-order valence-corrected chi connectivity index (χ4v) is 2.16. The van der Waals surface area contributed by atoms with Crippen LogP contribution in [0.4, 0.5) is 0 Å². The number of phenols is 1. The van der Waals surface area contributed by atoms with Crippen LogP contribution in [0.1, 0.15) is 18.5 Å². The third-order valence-electron chi connectivity index (χ3n) is 3.05. The van der Waals surface area contributed by atoms with E-state index in [1.807, 2.05) is 0 Å². The third kappa shape index (κ3) is 1.64. The fraction of sp³-hybridized carbons (Fsp3) is 0.231. The molecule has 1 aromatic carbocycles. The first kappa shape index (κ1) is 12.2. The van der Waals surface area contributed by atoms with Crippen LogP contribution in [0.15, 0.2) is 35.6 Å². The number of aliphatic hydroxyl groups excluding tert-OH is 1. The van der Waals surface area contributed by atoms with Crippen molar-refractivity contribution in [2.24, 2.45) is 0 Å². The van der Waals surface area contributed by atoms with Gasteiger partial charge in [0.05, 0.1) is 11.6 Å². The Labute approximate surface area is 104 Å². The summed E-state index contributed by atoms with van der Waals surface area (Å²) in [4.78, 5) is 24.5. The zero-order valence-electron chi connectivity index (χ0n) is 10.0. The standard InChI is InChI=1S/C13H13NO4/c1-7(15)10-11(14(2)13(18)12(10)17)8-5-3-4-6-9(8)16/h3-6,11,16-17H,1-2H3/t11-/m1/s1. The smallest absolute Gasteiger partial charge is 0.289 e. The number of benzene rings is 1. The van der Waals surface area contributed by atoms with Crippen molar-refractivity contribution in [2.45, 2.75) is 13.0 Å². The highest BCUT2D eigenvalue weighted by atomic mass is 16.3. The Bertz CT molecular complexity index is 562. The Balaban J connectivity index is 2.60. The molecule has 18 heavy (non-hydrogen) atoms. The van der Waals surface area contributed by atoms with Crippen molar-refractivity contribution in [3.8, 4) is 5.75 Å². The van der Waals surface area contributed by atoms with Crippen LogP contribution in [-0.4, -0.2) is 33.9 Å². The van der Waals surface area contributed by atoms with Crippen molar-refractivity contribution in [1.29, 1.82) is 0 Å². The second-order valence-electron chi connectivity index (χ2n) is 4.20. The molecular weight excluding hydrogens is 234 g/mol. The first-order valence-electron chi connectivity index (χ1n) is 5.44. The van der Waals surface area contributed by atoms with Gasteiger partial charge in [0.1, 0.15) is 5.75 Å². The summed E-state index contributed by atoms with van der Waals surface area (Å²) in [5, 5.41) is 19.5. The van der Waals surface area contributed by atoms with E-state index in [0.717, 1.165) is 0 Å². The van der Waals surface area contributed by atoms with Gasteiger partial charge in [-0.3, -0.25) is 9.59 Å². The lowest BCUT2D eigenvalue weighted by molar-refractivity contribution is -0.128. The summed E-state index contributed by atoms with van der Waals surface area (Å²) in [6, 6.07) is 5.69. The number of amides is 1. The van der Waals surface area contributed by atoms with Gasteiger partial charge in [0.2, 0.25) is 0 Å². The van der Waals surface area contributed by atoms with Crippen LogP contribution in [0.3, 0.4) is 0 Å². The number of carbonyl (C=O) groups excluding carboxylic acids is 2. The summed E-state index contributed by atoms with van der Waals surface area (Å²) in [6.45, 7) is 1.28. The molecule has 1 aromatic rings. The average molecular weight is 247 g/mol. The summed E-state index contributed by atoms with van der Waals surface area (Å²) in [6.07, 6.45) is 0. The van der Waals surface area contributed by atoms with E-state index >= 15 is 0 Å². The minimum Gasteiger partial charge on any atom is -0.508 e. The van der Waals surface area contributed by atoms with E-state index in [1.54, 1.807) is 18.2 Å². The Morgan fingerprint density at radius 3 is 2.44 bits per heavy atom. The van der Waals surface area contributed by atoms with Crippen LogP contribution < -0.4 is 0 Å². The molecule has 5 nitrogen and oxygen atoms in total. The molecule has 94 valence electrons. The molecule has 1 atom stereocenters. The second-order valence-corrected chi connectivity index (χ2v) is 4.20. The van der Waals surface area contributed by atoms with Crippen molar-refractivity contribution in [1.82, 2.24) is 4.90 Å². The number of carbonyl (C=O) groups is 2. The van der Waals surface area contributed by atoms with Crippen molar-refractivity contribution >= 4 is 11.7 Å². The molecule has 1 amide bonds. The van der Waals surface area contributed by atoms with E-state index < -0.39 is 23.5 Å². The van der Waals surface area contributed by atoms with Crippen LogP contribution in [-0.2, 0) is 9.59 Å². The fourth-order valence-electron chi connectivity index (χ4n) is 2.16. The number of ketones is 1. The van der Waals surface area contributed by atoms with Crippen LogP contribution >= 0.6 is 0 Å². The van der Waals surface area contributed by atoms with E-state index in [-0.39, 0.29) is 11.3 Å². The molecule has 0 bridgehead atoms. The van der Waals surface area contributed by atoms with Crippen LogP contribution in [0, 0.1) is 0 Å². The van der Waals surface area contributed by atoms with Gasteiger partial charge in [-0.25, -0.2) is 0 Å². The number of nitrogens with zero attached hydrogens (tertiary/aromatic N) is 1. The lowest BCUT2D eigenvalue weighted by Crippen LogP contribution is -2.26. The van der Waals surface area contributed by atoms with Crippen molar-refractivity contribution in [3.05, 3.63) is 41.2 Å². The normalized spacial score (nSPS) is 19.6. The van der Waals surface area contributed by atoms with Gasteiger partial charge in [-0.2, -0.15) is 0 Å². The maximum Gasteiger partial charge on any atom is 0.289 e. The van der Waals surface area contributed by atoms with Gasteiger partial charge in [-0.15, -0.1) is 0 Å². The first-order chi connectivity index (χ1) is 8.45. The number of aromatic hydroxyl groups is 1. The van der Waals surface area contributed by atoms with E-state index in [9.17, 15) is 19.8 Å². The van der Waals surface area contributed by atoms with Crippen molar-refractivity contribution in [3.63, 3.8) is 0 Å². The highest BCUT2D eigenvalue weighted by Crippen LogP contribution is 2.39. The van der Waals surface area contributed by atoms with Gasteiger partial charge in [-0.05, 0) is 13.0 Å². The van der Waals surface area contributed by atoms with Crippen LogP contribution in [0.25, 0.3) is 0 Å². The Hall–Kier alpha value is -2.30. The second kappa shape index (κ2) is 4.18. The van der Waals surface area contributed by atoms with Gasteiger partial charge in [0, 0.05) is 12.6 Å². The van der Waals surface area contributed by atoms with Gasteiger partial charge in [-0.1, -0.05) is 18.2 Å². The maximum absolute atomic E-state index is 11.7. The van der Waals surface area contributed by atoms with E-state index in [2.05, 4.69) is 0 Å². The number of aliphatic hydroxyl groups is 1. The summed E-state index contributed by atoms with van der Waals surface area (Å²) < 4.78 is 0. The molecule has 2 N–H and O–H groups in total. The van der Waals surface area contributed by atoms with Crippen LogP contribution in [0.2, 0.25) is 0 Å². The molecule has 1 aliphatic rings. The largest absolute Gasteiger partial charge is 0.508 e. The SMILES string of the molecule is CC(=O)C1=C(O)C(=O)N(C)[C@@H]1c1ccccc1O. The van der Waals surface area contributed by atoms with Crippen LogP contribution in [0.5, 0.6) is 5.75 Å². The van der Waals surface area contributed by atoms with Gasteiger partial charge < -0.3 is 15.1 Å². The maximum atomic E-state index is 11.7. The molecule has 0 saturated carbocycles. The van der Waals surface area contributed by atoms with E-state index in [4.69, 9.17) is 0 Å². The molecule has 0 fully saturated rings. The quantitative estimate of drug-likeness (QED) is 0.825. The lowest BCUT2D eigenvalue weighted by Gasteiger charge is -2.22. The van der Waals surface area contributed by atoms with E-state index in [1.165, 1.54) is 24.9 Å². The predicted octanol–water partition coefficient (Wildman–Crippen LogP) is 1.31. The monoisotopic (exact) mass is 247 g/mol. The zero-order chi connectivity index (χ0) is 13.4. The van der Waals surface area contributed by atoms with E-state index in [0.29, 0.717) is 5.56 Å². The molecule has 1 aliphatic heterocycles. The number of para-hydroxylation sites is 1. The summed E-state index contributed by atoms with van der Waals surface area (Å²) in [5.74, 6) is -1.57. The van der Waals surface area contributed by atoms with Crippen molar-refractivity contribution < 1.29 is 19.8 Å². The molecule has 1 heterocycles. The predicted molar refractivity (Wildman–Crippen MR) is 64.0 cm³/mol. The van der Waals surface area contributed by atoms with Gasteiger partial charge in [0.15, 0.2) is 11.5 Å². The van der Waals surface area contributed by atoms with Crippen molar-refractivity contribution in [2.75, 3.05) is 7.05 Å². The summed E-state index contributed by atoms with van der Waals surface area (Å²) >= 11 is 0. The molecule has 0 unspecified atom stereocenters. The Kier molecular flexibility index (Phi) is 2.82. The first-order valence-corrected chi connectivity index (χ1v) is 5.44. The highest BCUT2D eigenvalue weighted by molar-refractivity contribution is 6.08. The number of hydrogen-bond acceptors (Lipinski definition) is 4. The molecule has 0 saturated heterocycles. The molecule has 0 spiro atoms.